The minimum atomic E-state index is -1.45. The van der Waals surface area contributed by atoms with Gasteiger partial charge in [0.15, 0.2) is 11.6 Å². The Bertz CT molecular complexity index is 460. The molecule has 0 unspecified atom stereocenters. The number of halogens is 2. The monoisotopic (exact) mass is 256 g/mol. The summed E-state index contributed by atoms with van der Waals surface area (Å²) in [6.07, 6.45) is 0. The molecule has 4 nitrogen and oxygen atoms in total. The van der Waals surface area contributed by atoms with Crippen LogP contribution in [-0.4, -0.2) is 42.2 Å². The first-order chi connectivity index (χ1) is 8.58. The van der Waals surface area contributed by atoms with Crippen molar-refractivity contribution in [3.05, 3.63) is 34.9 Å². The molecule has 6 heteroatoms. The van der Waals surface area contributed by atoms with E-state index in [2.05, 4.69) is 10.2 Å². The van der Waals surface area contributed by atoms with E-state index < -0.39 is 23.2 Å². The predicted octanol–water partition coefficient (Wildman–Crippen LogP) is 1.07. The largest absolute Gasteiger partial charge is 0.478 e. The van der Waals surface area contributed by atoms with Crippen LogP contribution in [0.3, 0.4) is 0 Å². The summed E-state index contributed by atoms with van der Waals surface area (Å²) in [5.41, 5.74) is -0.131. The third-order valence-corrected chi connectivity index (χ3v) is 2.93. The molecule has 1 aliphatic heterocycles. The Morgan fingerprint density at radius 3 is 2.61 bits per heavy atom. The van der Waals surface area contributed by atoms with Crippen molar-refractivity contribution in [3.63, 3.8) is 0 Å². The van der Waals surface area contributed by atoms with Crippen LogP contribution in [0.1, 0.15) is 15.9 Å². The topological polar surface area (TPSA) is 52.6 Å². The van der Waals surface area contributed by atoms with Gasteiger partial charge in [-0.05, 0) is 17.7 Å². The Labute approximate surface area is 103 Å². The van der Waals surface area contributed by atoms with Gasteiger partial charge in [0.1, 0.15) is 0 Å². The van der Waals surface area contributed by atoms with Gasteiger partial charge >= 0.3 is 5.97 Å². The Hall–Kier alpha value is -1.53. The third kappa shape index (κ3) is 2.83. The van der Waals surface area contributed by atoms with Crippen molar-refractivity contribution in [1.82, 2.24) is 10.2 Å². The zero-order valence-corrected chi connectivity index (χ0v) is 9.75. The van der Waals surface area contributed by atoms with Gasteiger partial charge in [0, 0.05) is 32.7 Å². The second-order valence-corrected chi connectivity index (χ2v) is 4.27. The number of hydrogen-bond acceptors (Lipinski definition) is 3. The molecule has 98 valence electrons. The van der Waals surface area contributed by atoms with Crippen LogP contribution in [0.5, 0.6) is 0 Å². The number of nitrogens with zero attached hydrogens (tertiary/aromatic N) is 1. The van der Waals surface area contributed by atoms with E-state index in [1.807, 2.05) is 0 Å². The Morgan fingerprint density at radius 1 is 1.33 bits per heavy atom. The summed E-state index contributed by atoms with van der Waals surface area (Å²) in [5.74, 6) is -3.86. The van der Waals surface area contributed by atoms with Crippen LogP contribution in [0.4, 0.5) is 8.78 Å². The summed E-state index contributed by atoms with van der Waals surface area (Å²) in [5, 5.41) is 12.0. The van der Waals surface area contributed by atoms with Crippen LogP contribution >= 0.6 is 0 Å². The van der Waals surface area contributed by atoms with Crippen molar-refractivity contribution in [3.8, 4) is 0 Å². The molecular formula is C12H14F2N2O2. The molecule has 0 aromatic heterocycles. The molecule has 1 aromatic rings. The highest BCUT2D eigenvalue weighted by molar-refractivity contribution is 5.88. The molecule has 0 saturated carbocycles. The first kappa shape index (κ1) is 12.9. The average molecular weight is 256 g/mol. The third-order valence-electron chi connectivity index (χ3n) is 2.93. The summed E-state index contributed by atoms with van der Waals surface area (Å²) >= 11 is 0. The number of carbonyl (C=O) groups is 1. The van der Waals surface area contributed by atoms with Crippen LogP contribution in [0, 0.1) is 11.6 Å². The highest BCUT2D eigenvalue weighted by Crippen LogP contribution is 2.17. The van der Waals surface area contributed by atoms with Crippen molar-refractivity contribution in [2.45, 2.75) is 6.54 Å². The highest BCUT2D eigenvalue weighted by Gasteiger charge is 2.18. The molecule has 0 spiro atoms. The lowest BCUT2D eigenvalue weighted by molar-refractivity contribution is 0.0690. The molecule has 2 rings (SSSR count). The van der Waals surface area contributed by atoms with Gasteiger partial charge in [-0.3, -0.25) is 4.90 Å². The van der Waals surface area contributed by atoms with Crippen LogP contribution < -0.4 is 5.32 Å². The van der Waals surface area contributed by atoms with Crippen molar-refractivity contribution in [2.75, 3.05) is 26.2 Å². The minimum Gasteiger partial charge on any atom is -0.478 e. The lowest BCUT2D eigenvalue weighted by Gasteiger charge is -2.27. The van der Waals surface area contributed by atoms with Gasteiger partial charge in [0.2, 0.25) is 0 Å². The van der Waals surface area contributed by atoms with Crippen molar-refractivity contribution >= 4 is 5.97 Å². The normalized spacial score (nSPS) is 16.8. The fourth-order valence-corrected chi connectivity index (χ4v) is 2.02. The maximum Gasteiger partial charge on any atom is 0.338 e. The predicted molar refractivity (Wildman–Crippen MR) is 61.5 cm³/mol. The molecule has 1 saturated heterocycles. The SMILES string of the molecule is O=C(O)c1cc(CN2CCNCC2)cc(F)c1F. The Morgan fingerprint density at radius 2 is 2.00 bits per heavy atom. The second kappa shape index (κ2) is 5.41. The highest BCUT2D eigenvalue weighted by atomic mass is 19.2. The van der Waals surface area contributed by atoms with Gasteiger partial charge in [0.05, 0.1) is 5.56 Å². The average Bonchev–Trinajstić information content (AvgIpc) is 2.34. The number of piperazine rings is 1. The fourth-order valence-electron chi connectivity index (χ4n) is 2.02. The molecule has 1 fully saturated rings. The van der Waals surface area contributed by atoms with Gasteiger partial charge < -0.3 is 10.4 Å². The number of rotatable bonds is 3. The molecule has 0 aliphatic carbocycles. The van der Waals surface area contributed by atoms with Gasteiger partial charge in [-0.2, -0.15) is 0 Å². The maximum absolute atomic E-state index is 13.3. The molecule has 1 aliphatic rings. The summed E-state index contributed by atoms with van der Waals surface area (Å²) < 4.78 is 26.5. The molecule has 0 amide bonds. The van der Waals surface area contributed by atoms with E-state index in [-0.39, 0.29) is 0 Å². The van der Waals surface area contributed by atoms with Gasteiger partial charge in [0.25, 0.3) is 0 Å². The molecule has 2 N–H and O–H groups in total. The van der Waals surface area contributed by atoms with Crippen LogP contribution in [0.2, 0.25) is 0 Å². The quantitative estimate of drug-likeness (QED) is 0.849. The van der Waals surface area contributed by atoms with Gasteiger partial charge in [-0.1, -0.05) is 0 Å². The molecule has 1 heterocycles. The maximum atomic E-state index is 13.3. The number of carboxylic acids is 1. The van der Waals surface area contributed by atoms with E-state index in [4.69, 9.17) is 5.11 Å². The van der Waals surface area contributed by atoms with E-state index in [9.17, 15) is 13.6 Å². The smallest absolute Gasteiger partial charge is 0.338 e. The Balaban J connectivity index is 2.20. The van der Waals surface area contributed by atoms with E-state index in [1.54, 1.807) is 0 Å². The zero-order chi connectivity index (χ0) is 13.1. The number of hydrogen-bond donors (Lipinski definition) is 2. The van der Waals surface area contributed by atoms with Gasteiger partial charge in [-0.15, -0.1) is 0 Å². The molecule has 0 bridgehead atoms. The standard InChI is InChI=1S/C12H14F2N2O2/c13-10-6-8(5-9(11(10)14)12(17)18)7-16-3-1-15-2-4-16/h5-6,15H,1-4,7H2,(H,17,18). The fraction of sp³-hybridized carbons (Fsp3) is 0.417. The molecule has 18 heavy (non-hydrogen) atoms. The van der Waals surface area contributed by atoms with E-state index in [1.165, 1.54) is 6.07 Å². The first-order valence-electron chi connectivity index (χ1n) is 5.72. The van der Waals surface area contributed by atoms with Crippen LogP contribution in [-0.2, 0) is 6.54 Å². The molecular weight excluding hydrogens is 242 g/mol. The van der Waals surface area contributed by atoms with Crippen LogP contribution in [0.25, 0.3) is 0 Å². The molecule has 0 atom stereocenters. The minimum absolute atomic E-state index is 0.430. The van der Waals surface area contributed by atoms with E-state index >= 15 is 0 Å². The van der Waals surface area contributed by atoms with Crippen molar-refractivity contribution in [1.29, 1.82) is 0 Å². The van der Waals surface area contributed by atoms with Crippen LogP contribution in [0.15, 0.2) is 12.1 Å². The lowest BCUT2D eigenvalue weighted by atomic mass is 10.1. The Kier molecular flexibility index (Phi) is 3.88. The molecule has 1 aromatic carbocycles. The number of carboxylic acid groups (broad SMARTS) is 1. The number of benzene rings is 1. The number of nitrogens with one attached hydrogen (secondary N) is 1. The van der Waals surface area contributed by atoms with Crippen molar-refractivity contribution in [2.24, 2.45) is 0 Å². The molecule has 0 radical (unpaired) electrons. The number of aromatic carboxylic acids is 1. The van der Waals surface area contributed by atoms with E-state index in [0.717, 1.165) is 32.2 Å². The lowest BCUT2D eigenvalue weighted by Crippen LogP contribution is -2.42. The van der Waals surface area contributed by atoms with E-state index in [0.29, 0.717) is 12.1 Å². The summed E-state index contributed by atoms with van der Waals surface area (Å²) in [4.78, 5) is 12.9. The van der Waals surface area contributed by atoms with Gasteiger partial charge in [-0.25, -0.2) is 13.6 Å². The first-order valence-corrected chi connectivity index (χ1v) is 5.72. The second-order valence-electron chi connectivity index (χ2n) is 4.27. The summed E-state index contributed by atoms with van der Waals surface area (Å²) in [7, 11) is 0. The zero-order valence-electron chi connectivity index (χ0n) is 9.75. The summed E-state index contributed by atoms with van der Waals surface area (Å²) in [6.45, 7) is 3.73. The van der Waals surface area contributed by atoms with Crippen molar-refractivity contribution < 1.29 is 18.7 Å². The summed E-state index contributed by atoms with van der Waals surface area (Å²) in [6, 6.07) is 2.26.